The van der Waals surface area contributed by atoms with Crippen LogP contribution in [0.3, 0.4) is 0 Å². The van der Waals surface area contributed by atoms with Gasteiger partial charge in [-0.1, -0.05) is 0 Å². The number of rotatable bonds is 1. The van der Waals surface area contributed by atoms with Gasteiger partial charge in [-0.2, -0.15) is 0 Å². The summed E-state index contributed by atoms with van der Waals surface area (Å²) in [6.07, 6.45) is 0. The first-order valence-corrected chi connectivity index (χ1v) is 9.62. The number of hydrogen-bond donors (Lipinski definition) is 0. The average molecular weight is 272 g/mol. The van der Waals surface area contributed by atoms with Crippen LogP contribution in [0.5, 0.6) is 0 Å². The molecule has 0 aromatic carbocycles. The Hall–Kier alpha value is 1.04. The maximum atomic E-state index is 2.35. The molecule has 0 aliphatic carbocycles. The third kappa shape index (κ3) is 9.04. The quantitative estimate of drug-likeness (QED) is 0.644. The predicted molar refractivity (Wildman–Crippen MR) is 50.9 cm³/mol. The summed E-state index contributed by atoms with van der Waals surface area (Å²) in [5, 5.41) is 0. The summed E-state index contributed by atoms with van der Waals surface area (Å²) in [6, 6.07) is 0. The zero-order valence-corrected chi connectivity index (χ0v) is 11.2. The summed E-state index contributed by atoms with van der Waals surface area (Å²) in [6.45, 7) is 14.1. The van der Waals surface area contributed by atoms with Gasteiger partial charge in [-0.25, -0.2) is 0 Å². The van der Waals surface area contributed by atoms with E-state index in [-0.39, 0.29) is 0 Å². The van der Waals surface area contributed by atoms with Crippen molar-refractivity contribution in [3.63, 3.8) is 0 Å². The van der Waals surface area contributed by atoms with Gasteiger partial charge in [0, 0.05) is 0 Å². The van der Waals surface area contributed by atoms with Gasteiger partial charge in [-0.15, -0.1) is 0 Å². The molecular formula is C8H18Se2. The van der Waals surface area contributed by atoms with E-state index in [9.17, 15) is 0 Å². The molecule has 2 heteroatoms. The molecule has 10 heavy (non-hydrogen) atoms. The van der Waals surface area contributed by atoms with E-state index in [4.69, 9.17) is 0 Å². The molecule has 0 nitrogen and oxygen atoms in total. The van der Waals surface area contributed by atoms with Crippen LogP contribution >= 0.6 is 0 Å². The molecule has 0 aromatic heterocycles. The Morgan fingerprint density at radius 3 is 0.900 bits per heavy atom. The molecule has 0 atom stereocenters. The fraction of sp³-hybridized carbons (Fsp3) is 1.00. The molecule has 0 unspecified atom stereocenters. The van der Waals surface area contributed by atoms with Gasteiger partial charge in [-0.3, -0.25) is 0 Å². The fourth-order valence-corrected chi connectivity index (χ4v) is 6.75. The van der Waals surface area contributed by atoms with Crippen LogP contribution < -0.4 is 0 Å². The van der Waals surface area contributed by atoms with E-state index < -0.39 is 0 Å². The molecule has 0 aliphatic rings. The van der Waals surface area contributed by atoms with E-state index in [0.29, 0.717) is 8.63 Å². The van der Waals surface area contributed by atoms with Gasteiger partial charge in [0.1, 0.15) is 0 Å². The molecule has 0 saturated heterocycles. The van der Waals surface area contributed by atoms with E-state index in [1.54, 1.807) is 0 Å². The van der Waals surface area contributed by atoms with E-state index in [2.05, 4.69) is 41.5 Å². The van der Waals surface area contributed by atoms with Crippen molar-refractivity contribution in [2.75, 3.05) is 0 Å². The van der Waals surface area contributed by atoms with Crippen LogP contribution in [0.15, 0.2) is 0 Å². The molecule has 0 N–H and O–H groups in total. The molecule has 0 fully saturated rings. The van der Waals surface area contributed by atoms with Gasteiger partial charge in [0.2, 0.25) is 0 Å². The Balaban J connectivity index is 3.56. The standard InChI is InChI=1S/C8H18Se2/c1-7(2,3)9-10-8(4,5)6/h1-6H3. The third-order valence-corrected chi connectivity index (χ3v) is 14.6. The predicted octanol–water partition coefficient (Wildman–Crippen LogP) is 2.75. The van der Waals surface area contributed by atoms with Crippen molar-refractivity contribution >= 4 is 26.3 Å². The van der Waals surface area contributed by atoms with Crippen LogP contribution in [-0.4, -0.2) is 26.3 Å². The molecular weight excluding hydrogens is 254 g/mol. The van der Waals surface area contributed by atoms with Gasteiger partial charge in [0.15, 0.2) is 0 Å². The van der Waals surface area contributed by atoms with Crippen molar-refractivity contribution in [1.82, 2.24) is 0 Å². The maximum absolute atomic E-state index is 2.35. The second kappa shape index (κ2) is 3.63. The zero-order valence-electron chi connectivity index (χ0n) is 7.82. The topological polar surface area (TPSA) is 0 Å². The van der Waals surface area contributed by atoms with Crippen molar-refractivity contribution in [3.05, 3.63) is 0 Å². The van der Waals surface area contributed by atoms with Gasteiger partial charge >= 0.3 is 76.4 Å². The Bertz CT molecular complexity index is 80.8. The minimum atomic E-state index is 0.597. The molecule has 0 rings (SSSR count). The molecule has 0 aromatic rings. The summed E-state index contributed by atoms with van der Waals surface area (Å²) >= 11 is 1.72. The summed E-state index contributed by atoms with van der Waals surface area (Å²) in [5.74, 6) is 0. The Morgan fingerprint density at radius 2 is 0.800 bits per heavy atom. The summed E-state index contributed by atoms with van der Waals surface area (Å²) < 4.78 is 1.19. The second-order valence-corrected chi connectivity index (χ2v) is 13.9. The van der Waals surface area contributed by atoms with Gasteiger partial charge in [0.05, 0.1) is 0 Å². The van der Waals surface area contributed by atoms with E-state index >= 15 is 0 Å². The average Bonchev–Trinajstić information content (AvgIpc) is 1.57. The monoisotopic (exact) mass is 274 g/mol. The van der Waals surface area contributed by atoms with Crippen molar-refractivity contribution in [1.29, 1.82) is 0 Å². The molecule has 0 saturated carbocycles. The Kier molecular flexibility index (Phi) is 4.00. The first kappa shape index (κ1) is 11.0. The third-order valence-electron chi connectivity index (χ3n) is 0.542. The molecule has 0 spiro atoms. The SMILES string of the molecule is CC(C)(C)[Se][Se]C(C)(C)C. The van der Waals surface area contributed by atoms with E-state index in [1.807, 2.05) is 0 Å². The van der Waals surface area contributed by atoms with Crippen molar-refractivity contribution < 1.29 is 0 Å². The fourth-order valence-electron chi connectivity index (χ4n) is 0.250. The van der Waals surface area contributed by atoms with E-state index in [1.165, 1.54) is 0 Å². The van der Waals surface area contributed by atoms with Crippen LogP contribution in [0.1, 0.15) is 41.5 Å². The van der Waals surface area contributed by atoms with Gasteiger partial charge in [0.25, 0.3) is 0 Å². The van der Waals surface area contributed by atoms with E-state index in [0.717, 1.165) is 26.3 Å². The Labute approximate surface area is 76.4 Å². The molecule has 0 bridgehead atoms. The summed E-state index contributed by atoms with van der Waals surface area (Å²) in [5.41, 5.74) is 0. The summed E-state index contributed by atoms with van der Waals surface area (Å²) in [4.78, 5) is 0. The van der Waals surface area contributed by atoms with Crippen LogP contribution in [0.25, 0.3) is 0 Å². The normalized spacial score (nSPS) is 13.8. The molecule has 0 aliphatic heterocycles. The van der Waals surface area contributed by atoms with Crippen LogP contribution in [0, 0.1) is 0 Å². The van der Waals surface area contributed by atoms with Crippen molar-refractivity contribution in [2.45, 2.75) is 50.2 Å². The van der Waals surface area contributed by atoms with Gasteiger partial charge in [-0.05, 0) is 0 Å². The molecule has 0 amide bonds. The van der Waals surface area contributed by atoms with Crippen LogP contribution in [0.2, 0.25) is 8.63 Å². The van der Waals surface area contributed by atoms with Gasteiger partial charge < -0.3 is 0 Å². The zero-order chi connectivity index (χ0) is 8.41. The Morgan fingerprint density at radius 1 is 0.600 bits per heavy atom. The second-order valence-electron chi connectivity index (χ2n) is 4.39. The molecule has 62 valence electrons. The summed E-state index contributed by atoms with van der Waals surface area (Å²) in [7, 11) is 0. The van der Waals surface area contributed by atoms with Crippen molar-refractivity contribution in [3.8, 4) is 0 Å². The minimum absolute atomic E-state index is 0.597. The van der Waals surface area contributed by atoms with Crippen molar-refractivity contribution in [2.24, 2.45) is 0 Å². The number of hydrogen-bond acceptors (Lipinski definition) is 0. The first-order valence-electron chi connectivity index (χ1n) is 3.57. The van der Waals surface area contributed by atoms with Crippen LogP contribution in [-0.2, 0) is 0 Å². The first-order chi connectivity index (χ1) is 4.21. The molecule has 0 heterocycles. The molecule has 0 radical (unpaired) electrons. The van der Waals surface area contributed by atoms with Crippen LogP contribution in [0.4, 0.5) is 0 Å².